The van der Waals surface area contributed by atoms with Gasteiger partial charge in [-0.05, 0) is 68.5 Å². The van der Waals surface area contributed by atoms with Crippen LogP contribution in [0.5, 0.6) is 0 Å². The molecule has 1 aliphatic carbocycles. The second kappa shape index (κ2) is 6.41. The zero-order valence-electron chi connectivity index (χ0n) is 13.9. The van der Waals surface area contributed by atoms with Crippen LogP contribution in [0.3, 0.4) is 0 Å². The first-order valence-corrected chi connectivity index (χ1v) is 8.13. The maximum atomic E-state index is 12.8. The van der Waals surface area contributed by atoms with Crippen LogP contribution in [0.25, 0.3) is 0 Å². The third kappa shape index (κ3) is 3.52. The Bertz CT molecular complexity index is 695. The molecule has 0 aliphatic heterocycles. The van der Waals surface area contributed by atoms with Crippen LogP contribution in [0.4, 0.5) is 10.5 Å². The minimum Gasteiger partial charge on any atom is -0.315 e. The van der Waals surface area contributed by atoms with Crippen molar-refractivity contribution < 1.29 is 4.79 Å². The lowest BCUT2D eigenvalue weighted by Crippen LogP contribution is -2.38. The van der Waals surface area contributed by atoms with Gasteiger partial charge in [-0.1, -0.05) is 12.1 Å². The number of aromatic nitrogens is 1. The number of benzene rings is 1. The quantitative estimate of drug-likeness (QED) is 0.906. The molecule has 0 saturated heterocycles. The van der Waals surface area contributed by atoms with E-state index in [1.807, 2.05) is 41.4 Å². The van der Waals surface area contributed by atoms with E-state index in [-0.39, 0.29) is 12.1 Å². The number of hydrogen-bond donors (Lipinski definition) is 1. The molecule has 1 aliphatic rings. The number of anilines is 1. The van der Waals surface area contributed by atoms with Crippen molar-refractivity contribution in [2.24, 2.45) is 0 Å². The minimum absolute atomic E-state index is 0.0164. The third-order valence-corrected chi connectivity index (χ3v) is 4.52. The van der Waals surface area contributed by atoms with Crippen LogP contribution >= 0.6 is 0 Å². The highest BCUT2D eigenvalue weighted by Crippen LogP contribution is 2.34. The maximum Gasteiger partial charge on any atom is 0.322 e. The van der Waals surface area contributed by atoms with Gasteiger partial charge in [0.15, 0.2) is 0 Å². The van der Waals surface area contributed by atoms with Crippen LogP contribution in [0.1, 0.15) is 42.5 Å². The summed E-state index contributed by atoms with van der Waals surface area (Å²) < 4.78 is 0. The van der Waals surface area contributed by atoms with Crippen LogP contribution in [-0.2, 0) is 0 Å². The van der Waals surface area contributed by atoms with Gasteiger partial charge in [0, 0.05) is 24.1 Å². The average molecular weight is 309 g/mol. The highest BCUT2D eigenvalue weighted by molar-refractivity contribution is 5.90. The van der Waals surface area contributed by atoms with Gasteiger partial charge in [0.25, 0.3) is 0 Å². The predicted octanol–water partition coefficient (Wildman–Crippen LogP) is 4.46. The van der Waals surface area contributed by atoms with E-state index >= 15 is 0 Å². The highest BCUT2D eigenvalue weighted by Gasteiger charge is 2.36. The van der Waals surface area contributed by atoms with Crippen molar-refractivity contribution >= 4 is 11.7 Å². The van der Waals surface area contributed by atoms with Gasteiger partial charge in [0.05, 0.1) is 6.04 Å². The Kier molecular flexibility index (Phi) is 4.33. The summed E-state index contributed by atoms with van der Waals surface area (Å²) in [5, 5.41) is 3.05. The third-order valence-electron chi connectivity index (χ3n) is 4.52. The van der Waals surface area contributed by atoms with E-state index in [1.165, 1.54) is 11.1 Å². The topological polar surface area (TPSA) is 45.2 Å². The minimum atomic E-state index is -0.0351. The van der Waals surface area contributed by atoms with Crippen LogP contribution in [-0.4, -0.2) is 22.0 Å². The Hall–Kier alpha value is -2.36. The van der Waals surface area contributed by atoms with Gasteiger partial charge < -0.3 is 10.2 Å². The number of amides is 2. The first-order chi connectivity index (χ1) is 11.1. The lowest BCUT2D eigenvalue weighted by Gasteiger charge is -2.29. The molecular weight excluding hydrogens is 286 g/mol. The van der Waals surface area contributed by atoms with E-state index in [1.54, 1.807) is 6.20 Å². The van der Waals surface area contributed by atoms with Crippen LogP contribution in [0.2, 0.25) is 0 Å². The number of pyridine rings is 1. The summed E-state index contributed by atoms with van der Waals surface area (Å²) in [6, 6.07) is 10.3. The molecule has 4 nitrogen and oxygen atoms in total. The fourth-order valence-electron chi connectivity index (χ4n) is 2.80. The molecule has 1 atom stereocenters. The molecule has 0 spiro atoms. The number of urea groups is 1. The Morgan fingerprint density at radius 2 is 2.04 bits per heavy atom. The Morgan fingerprint density at radius 3 is 2.65 bits per heavy atom. The molecule has 23 heavy (non-hydrogen) atoms. The van der Waals surface area contributed by atoms with Crippen molar-refractivity contribution in [1.29, 1.82) is 0 Å². The number of carbonyl (C=O) groups is 1. The number of rotatable bonds is 4. The molecular formula is C19H23N3O. The Morgan fingerprint density at radius 1 is 1.26 bits per heavy atom. The smallest absolute Gasteiger partial charge is 0.315 e. The fraction of sp³-hybridized carbons (Fsp3) is 0.368. The zero-order chi connectivity index (χ0) is 16.4. The monoisotopic (exact) mass is 309 g/mol. The van der Waals surface area contributed by atoms with Crippen molar-refractivity contribution in [2.45, 2.75) is 45.7 Å². The van der Waals surface area contributed by atoms with E-state index in [9.17, 15) is 4.79 Å². The molecule has 120 valence electrons. The Labute approximate surface area is 137 Å². The van der Waals surface area contributed by atoms with Crippen LogP contribution < -0.4 is 5.32 Å². The molecule has 2 amide bonds. The molecule has 1 saturated carbocycles. The summed E-state index contributed by atoms with van der Waals surface area (Å²) in [5.74, 6) is 0. The molecule has 3 rings (SSSR count). The van der Waals surface area contributed by atoms with Crippen molar-refractivity contribution in [2.75, 3.05) is 5.32 Å². The second-order valence-electron chi connectivity index (χ2n) is 6.33. The van der Waals surface area contributed by atoms with Crippen molar-refractivity contribution in [3.63, 3.8) is 0 Å². The molecule has 4 heteroatoms. The molecule has 0 bridgehead atoms. The van der Waals surface area contributed by atoms with Gasteiger partial charge in [0.2, 0.25) is 0 Å². The normalized spacial score (nSPS) is 15.1. The van der Waals surface area contributed by atoms with E-state index < -0.39 is 0 Å². The fourth-order valence-corrected chi connectivity index (χ4v) is 2.80. The zero-order valence-corrected chi connectivity index (χ0v) is 13.9. The molecule has 1 aromatic heterocycles. The number of aryl methyl sites for hydroxylation is 2. The van der Waals surface area contributed by atoms with Gasteiger partial charge in [-0.2, -0.15) is 0 Å². The summed E-state index contributed by atoms with van der Waals surface area (Å²) in [5.41, 5.74) is 4.32. The summed E-state index contributed by atoms with van der Waals surface area (Å²) in [6.07, 6.45) is 5.74. The van der Waals surface area contributed by atoms with Gasteiger partial charge in [-0.25, -0.2) is 4.79 Å². The molecule has 0 unspecified atom stereocenters. The molecule has 0 radical (unpaired) electrons. The largest absolute Gasteiger partial charge is 0.322 e. The van der Waals surface area contributed by atoms with Crippen LogP contribution in [0, 0.1) is 13.8 Å². The second-order valence-corrected chi connectivity index (χ2v) is 6.33. The SMILES string of the molecule is Cc1ccc(NC(=O)N(C2CC2)[C@@H](C)c2cccnc2)cc1C. The number of carbonyl (C=O) groups excluding carboxylic acids is 1. The van der Waals surface area contributed by atoms with E-state index in [0.717, 1.165) is 24.1 Å². The number of nitrogens with one attached hydrogen (secondary N) is 1. The average Bonchev–Trinajstić information content (AvgIpc) is 3.37. The van der Waals surface area contributed by atoms with Crippen molar-refractivity contribution in [1.82, 2.24) is 9.88 Å². The van der Waals surface area contributed by atoms with E-state index in [2.05, 4.69) is 31.1 Å². The van der Waals surface area contributed by atoms with Crippen molar-refractivity contribution in [3.05, 3.63) is 59.4 Å². The van der Waals surface area contributed by atoms with E-state index in [0.29, 0.717) is 6.04 Å². The van der Waals surface area contributed by atoms with Gasteiger partial charge in [-0.3, -0.25) is 4.98 Å². The highest BCUT2D eigenvalue weighted by atomic mass is 16.2. The first-order valence-electron chi connectivity index (χ1n) is 8.13. The molecule has 1 N–H and O–H groups in total. The maximum absolute atomic E-state index is 12.8. The lowest BCUT2D eigenvalue weighted by molar-refractivity contribution is 0.189. The number of nitrogens with zero attached hydrogens (tertiary/aromatic N) is 2. The summed E-state index contributed by atoms with van der Waals surface area (Å²) in [7, 11) is 0. The summed E-state index contributed by atoms with van der Waals surface area (Å²) in [6.45, 7) is 6.19. The van der Waals surface area contributed by atoms with E-state index in [4.69, 9.17) is 0 Å². The predicted molar refractivity (Wildman–Crippen MR) is 92.4 cm³/mol. The van der Waals surface area contributed by atoms with Gasteiger partial charge >= 0.3 is 6.03 Å². The van der Waals surface area contributed by atoms with Gasteiger partial charge in [-0.15, -0.1) is 0 Å². The standard InChI is InChI=1S/C19H23N3O/c1-13-6-7-17(11-14(13)2)21-19(23)22(18-8-9-18)15(3)16-5-4-10-20-12-16/h4-7,10-12,15,18H,8-9H2,1-3H3,(H,21,23)/t15-/m0/s1. The molecule has 1 aromatic carbocycles. The molecule has 1 fully saturated rings. The summed E-state index contributed by atoms with van der Waals surface area (Å²) in [4.78, 5) is 18.9. The molecule has 1 heterocycles. The molecule has 2 aromatic rings. The number of hydrogen-bond acceptors (Lipinski definition) is 2. The lowest BCUT2D eigenvalue weighted by atomic mass is 10.1. The Balaban J connectivity index is 1.78. The van der Waals surface area contributed by atoms with Crippen LogP contribution in [0.15, 0.2) is 42.7 Å². The van der Waals surface area contributed by atoms with Crippen molar-refractivity contribution in [3.8, 4) is 0 Å². The first kappa shape index (κ1) is 15.5. The van der Waals surface area contributed by atoms with Gasteiger partial charge in [0.1, 0.15) is 0 Å². The summed E-state index contributed by atoms with van der Waals surface area (Å²) >= 11 is 0.